The first kappa shape index (κ1) is 43.0. The van der Waals surface area contributed by atoms with Gasteiger partial charge < -0.3 is 41.4 Å². The van der Waals surface area contributed by atoms with Crippen molar-refractivity contribution in [3.63, 3.8) is 0 Å². The van der Waals surface area contributed by atoms with Crippen molar-refractivity contribution in [1.29, 1.82) is 0 Å². The van der Waals surface area contributed by atoms with Crippen LogP contribution in [-0.2, 0) is 52.3 Å². The largest absolute Gasteiger partial charge is 0.542 e. The Morgan fingerprint density at radius 2 is 1.85 bits per heavy atom. The molecule has 3 heterocycles. The number of nitrogen functional groups attached to an aromatic ring is 1. The number of halogens is 3. The van der Waals surface area contributed by atoms with Crippen molar-refractivity contribution in [2.24, 2.45) is 17.9 Å². The van der Waals surface area contributed by atoms with Gasteiger partial charge in [-0.3, -0.25) is 14.1 Å². The Labute approximate surface area is 308 Å². The zero-order valence-corrected chi connectivity index (χ0v) is 30.4. The fraction of sp³-hybridized carbons (Fsp3) is 0.414. The summed E-state index contributed by atoms with van der Waals surface area (Å²) >= 11 is 0.961. The first-order valence-corrected chi connectivity index (χ1v) is 17.5. The molecular weight excluding hydrogens is 773 g/mol. The maximum absolute atomic E-state index is 13.2. The Morgan fingerprint density at radius 1 is 1.24 bits per heavy atom. The molecule has 1 aromatic carbocycles. The minimum atomic E-state index is -5.19. The Balaban J connectivity index is 0.00000102. The van der Waals surface area contributed by atoms with Crippen molar-refractivity contribution in [3.05, 3.63) is 47.1 Å². The molecule has 20 nitrogen and oxygen atoms in total. The Hall–Kier alpha value is -5.37. The van der Waals surface area contributed by atoms with Gasteiger partial charge >= 0.3 is 22.5 Å². The minimum Gasteiger partial charge on any atom is -0.542 e. The quantitative estimate of drug-likeness (QED) is 0.0407. The highest BCUT2D eigenvalue weighted by Crippen LogP contribution is 2.33. The highest BCUT2D eigenvalue weighted by molar-refractivity contribution is 7.80. The normalized spacial score (nSPS) is 16.1. The maximum Gasteiger partial charge on any atom is 0.430 e. The van der Waals surface area contributed by atoms with Gasteiger partial charge in [0.05, 0.1) is 18.3 Å². The lowest BCUT2D eigenvalue weighted by molar-refractivity contribution is -0.743. The van der Waals surface area contributed by atoms with E-state index < -0.39 is 70.3 Å². The van der Waals surface area contributed by atoms with Gasteiger partial charge in [0.1, 0.15) is 30.1 Å². The number of aromatic nitrogens is 3. The number of anilines is 1. The number of rotatable bonds is 15. The molecule has 7 N–H and O–H groups in total. The number of aliphatic carboxylic acids is 2. The van der Waals surface area contributed by atoms with Crippen LogP contribution >= 0.6 is 11.3 Å². The number of benzene rings is 1. The number of carbonyl (C=O) groups is 4. The molecule has 1 aliphatic rings. The van der Waals surface area contributed by atoms with Crippen LogP contribution in [0.25, 0.3) is 11.3 Å². The molecule has 1 aliphatic heterocycles. The maximum atomic E-state index is 13.2. The van der Waals surface area contributed by atoms with Crippen LogP contribution < -0.4 is 31.3 Å². The van der Waals surface area contributed by atoms with Gasteiger partial charge in [-0.1, -0.05) is 5.16 Å². The van der Waals surface area contributed by atoms with E-state index in [0.717, 1.165) is 41.1 Å². The van der Waals surface area contributed by atoms with E-state index in [1.165, 1.54) is 19.2 Å². The van der Waals surface area contributed by atoms with Gasteiger partial charge in [-0.05, 0) is 58.0 Å². The van der Waals surface area contributed by atoms with E-state index >= 15 is 0 Å². The number of ether oxygens (including phenoxy) is 1. The van der Waals surface area contributed by atoms with Gasteiger partial charge in [-0.25, -0.2) is 9.78 Å². The van der Waals surface area contributed by atoms with Gasteiger partial charge in [0.2, 0.25) is 5.69 Å². The molecular formula is C29H35F3N8O12S2. The summed E-state index contributed by atoms with van der Waals surface area (Å²) in [4.78, 5) is 55.7. The van der Waals surface area contributed by atoms with Crippen molar-refractivity contribution >= 4 is 56.3 Å². The fourth-order valence-electron chi connectivity index (χ4n) is 4.80. The summed E-state index contributed by atoms with van der Waals surface area (Å²) in [7, 11) is -3.07. The van der Waals surface area contributed by atoms with Gasteiger partial charge in [0.15, 0.2) is 17.9 Å². The predicted octanol–water partition coefficient (Wildman–Crippen LogP) is -0.933. The summed E-state index contributed by atoms with van der Waals surface area (Å²) in [6, 6.07) is 5.70. The molecule has 1 fully saturated rings. The molecule has 2 amide bonds. The lowest BCUT2D eigenvalue weighted by Crippen LogP contribution is -2.76. The summed E-state index contributed by atoms with van der Waals surface area (Å²) in [5.74, 6) is -6.11. The van der Waals surface area contributed by atoms with Crippen LogP contribution in [0.2, 0.25) is 0 Å². The third-order valence-corrected chi connectivity index (χ3v) is 8.44. The van der Waals surface area contributed by atoms with E-state index in [9.17, 15) is 41.1 Å². The highest BCUT2D eigenvalue weighted by Gasteiger charge is 2.58. The minimum absolute atomic E-state index is 0.0609. The number of oxime groups is 1. The number of carboxylic acids is 2. The van der Waals surface area contributed by atoms with Crippen molar-refractivity contribution in [2.75, 3.05) is 18.9 Å². The van der Waals surface area contributed by atoms with Crippen LogP contribution in [0.5, 0.6) is 5.75 Å². The average molecular weight is 809 g/mol. The lowest BCUT2D eigenvalue weighted by atomic mass is 9.84. The molecule has 3 aromatic rings. The van der Waals surface area contributed by atoms with E-state index in [1.54, 1.807) is 12.1 Å². The first-order chi connectivity index (χ1) is 25.0. The SMILES string of the molecule is Cc1cn(CCCN)[n+](C)c1-c1ccc(OCC(ON=C(C(=O)NC2C(=O)N(OS(=O)(=O)O)C2(C)C)c2csc(N)n2)C(=O)O)cc1.O=C([O-])C(F)(F)F. The summed E-state index contributed by atoms with van der Waals surface area (Å²) in [6.45, 7) is 5.59. The number of carboxylic acid groups (broad SMARTS) is 2. The van der Waals surface area contributed by atoms with E-state index in [2.05, 4.69) is 24.4 Å². The molecule has 0 saturated carbocycles. The molecule has 0 radical (unpaired) electrons. The van der Waals surface area contributed by atoms with E-state index in [0.29, 0.717) is 17.4 Å². The molecule has 25 heteroatoms. The van der Waals surface area contributed by atoms with Crippen LogP contribution in [0.4, 0.5) is 18.3 Å². The zero-order valence-electron chi connectivity index (χ0n) is 28.8. The third-order valence-electron chi connectivity index (χ3n) is 7.42. The lowest BCUT2D eigenvalue weighted by Gasteiger charge is -2.50. The monoisotopic (exact) mass is 808 g/mol. The third kappa shape index (κ3) is 10.8. The number of hydrogen-bond donors (Lipinski definition) is 5. The number of alkyl halides is 3. The van der Waals surface area contributed by atoms with E-state index in [4.69, 9.17) is 35.5 Å². The van der Waals surface area contributed by atoms with Crippen molar-refractivity contribution in [1.82, 2.24) is 20.0 Å². The van der Waals surface area contributed by atoms with Crippen LogP contribution in [0.15, 0.2) is 41.0 Å². The molecule has 0 spiro atoms. The topological polar surface area (TPSA) is 295 Å². The van der Waals surface area contributed by atoms with Crippen molar-refractivity contribution < 1.29 is 74.1 Å². The number of hydrogen-bond acceptors (Lipinski definition) is 15. The molecule has 1 saturated heterocycles. The number of thiazole rings is 1. The van der Waals surface area contributed by atoms with Crippen LogP contribution in [0, 0.1) is 6.92 Å². The molecule has 0 aliphatic carbocycles. The van der Waals surface area contributed by atoms with Gasteiger partial charge in [0, 0.05) is 16.5 Å². The molecule has 2 unspecified atom stereocenters. The number of β-lactam (4-membered cyclic amide) rings is 1. The average Bonchev–Trinajstić information content (AvgIpc) is 3.63. The summed E-state index contributed by atoms with van der Waals surface area (Å²) in [6.07, 6.45) is -4.00. The Kier molecular flexibility index (Phi) is 13.7. The number of hydroxylamine groups is 2. The van der Waals surface area contributed by atoms with E-state index in [1.807, 2.05) is 37.0 Å². The van der Waals surface area contributed by atoms with Crippen LogP contribution in [-0.4, -0.2) is 99.3 Å². The first-order valence-electron chi connectivity index (χ1n) is 15.2. The van der Waals surface area contributed by atoms with Crippen molar-refractivity contribution in [2.45, 2.75) is 57.6 Å². The fourth-order valence-corrected chi connectivity index (χ4v) is 5.80. The second kappa shape index (κ2) is 17.2. The second-order valence-corrected chi connectivity index (χ2v) is 13.6. The summed E-state index contributed by atoms with van der Waals surface area (Å²) in [5, 5.41) is 26.4. The van der Waals surface area contributed by atoms with Gasteiger partial charge in [0.25, 0.3) is 17.9 Å². The van der Waals surface area contributed by atoms with Crippen molar-refractivity contribution in [3.8, 4) is 17.0 Å². The number of amides is 2. The second-order valence-electron chi connectivity index (χ2n) is 11.7. The molecule has 0 bridgehead atoms. The number of aryl methyl sites for hydroxylation is 2. The molecule has 2 aromatic heterocycles. The number of nitrogens with one attached hydrogen (secondary N) is 1. The summed E-state index contributed by atoms with van der Waals surface area (Å²) < 4.78 is 76.7. The molecule has 296 valence electrons. The summed E-state index contributed by atoms with van der Waals surface area (Å²) in [5.41, 5.74) is 12.3. The van der Waals surface area contributed by atoms with Gasteiger partial charge in [-0.15, -0.1) is 20.3 Å². The van der Waals surface area contributed by atoms with Crippen LogP contribution in [0.1, 0.15) is 31.5 Å². The predicted molar refractivity (Wildman–Crippen MR) is 177 cm³/mol. The Bertz CT molecular complexity index is 2000. The number of nitrogens with two attached hydrogens (primary N) is 2. The Morgan fingerprint density at radius 3 is 2.33 bits per heavy atom. The van der Waals surface area contributed by atoms with Gasteiger partial charge in [-0.2, -0.15) is 31.3 Å². The zero-order chi connectivity index (χ0) is 40.8. The number of nitrogens with zero attached hydrogens (tertiary/aromatic N) is 5. The molecule has 4 rings (SSSR count). The number of carbonyl (C=O) groups excluding carboxylic acids is 3. The molecule has 2 atom stereocenters. The molecule has 54 heavy (non-hydrogen) atoms. The highest BCUT2D eigenvalue weighted by atomic mass is 32.3. The van der Waals surface area contributed by atoms with Crippen LogP contribution in [0.3, 0.4) is 0 Å². The standard InChI is InChI=1S/C27H34N8O10S2.C2HF3O2/c1-15-12-34(11-5-10-28)33(4)21(15)16-6-8-17(9-7-16)43-13-19(25(38)39)44-32-20(18-14-46-26(29)30-18)23(36)31-22-24(37)35(27(22,2)3)45-47(40,41)42;3-2(4,5)1(6)7/h6-9,12,14,19,22H,5,10-11,13,28H2,1-4H3,(H4-,29,30,31,36,38,39,40,41,42);(H,6,7). The van der Waals surface area contributed by atoms with E-state index in [-0.39, 0.29) is 10.8 Å². The smallest absolute Gasteiger partial charge is 0.430 e.